The number of hydrogen-bond donors (Lipinski definition) is 1. The lowest BCUT2D eigenvalue weighted by atomic mass is 9.66. The zero-order chi connectivity index (χ0) is 13.1. The molecular weight excluding hydrogens is 214 g/mol. The molecule has 0 saturated carbocycles. The summed E-state index contributed by atoms with van der Waals surface area (Å²) >= 11 is 0. The highest BCUT2D eigenvalue weighted by Gasteiger charge is 2.45. The SMILES string of the molecule is CCC[C@]1(C(=O)OC)CNC[C@H](C(C)(C)C)C1. The molecule has 1 aliphatic rings. The molecule has 0 amide bonds. The number of rotatable bonds is 3. The third-order valence-corrected chi connectivity index (χ3v) is 4.06. The van der Waals surface area contributed by atoms with Crippen LogP contribution < -0.4 is 5.32 Å². The summed E-state index contributed by atoms with van der Waals surface area (Å²) in [6.07, 6.45) is 2.89. The summed E-state index contributed by atoms with van der Waals surface area (Å²) in [6.45, 7) is 10.6. The van der Waals surface area contributed by atoms with Gasteiger partial charge >= 0.3 is 5.97 Å². The van der Waals surface area contributed by atoms with E-state index in [1.165, 1.54) is 7.11 Å². The molecule has 1 rings (SSSR count). The molecule has 0 radical (unpaired) electrons. The van der Waals surface area contributed by atoms with E-state index in [1.807, 2.05) is 0 Å². The molecule has 2 atom stereocenters. The van der Waals surface area contributed by atoms with Crippen molar-refractivity contribution in [3.05, 3.63) is 0 Å². The molecule has 3 nitrogen and oxygen atoms in total. The first-order chi connectivity index (χ1) is 7.85. The van der Waals surface area contributed by atoms with Gasteiger partial charge in [0.15, 0.2) is 0 Å². The predicted molar refractivity (Wildman–Crippen MR) is 69.8 cm³/mol. The summed E-state index contributed by atoms with van der Waals surface area (Å²) < 4.78 is 5.03. The van der Waals surface area contributed by atoms with Gasteiger partial charge < -0.3 is 10.1 Å². The Morgan fingerprint density at radius 3 is 2.59 bits per heavy atom. The van der Waals surface area contributed by atoms with Gasteiger partial charge in [0.25, 0.3) is 0 Å². The monoisotopic (exact) mass is 241 g/mol. The standard InChI is InChI=1S/C14H27NO2/c1-6-7-14(12(16)17-5)8-11(9-15-10-14)13(2,3)4/h11,15H,6-10H2,1-5H3/t11-,14-/m1/s1. The van der Waals surface area contributed by atoms with Crippen LogP contribution in [-0.2, 0) is 9.53 Å². The van der Waals surface area contributed by atoms with Crippen LogP contribution in [0.3, 0.4) is 0 Å². The molecule has 0 bridgehead atoms. The second kappa shape index (κ2) is 5.38. The predicted octanol–water partition coefficient (Wildman–Crippen LogP) is 2.60. The first-order valence-electron chi connectivity index (χ1n) is 6.65. The van der Waals surface area contributed by atoms with Gasteiger partial charge in [0.1, 0.15) is 0 Å². The molecule has 0 aromatic rings. The van der Waals surface area contributed by atoms with Crippen molar-refractivity contribution in [2.24, 2.45) is 16.7 Å². The van der Waals surface area contributed by atoms with Crippen LogP contribution >= 0.6 is 0 Å². The number of methoxy groups -OCH3 is 1. The Morgan fingerprint density at radius 2 is 2.12 bits per heavy atom. The van der Waals surface area contributed by atoms with Gasteiger partial charge in [0.2, 0.25) is 0 Å². The van der Waals surface area contributed by atoms with Gasteiger partial charge in [-0.15, -0.1) is 0 Å². The third kappa shape index (κ3) is 3.21. The Balaban J connectivity index is 2.87. The van der Waals surface area contributed by atoms with Crippen LogP contribution in [0.25, 0.3) is 0 Å². The average Bonchev–Trinajstić information content (AvgIpc) is 2.27. The Morgan fingerprint density at radius 1 is 1.47 bits per heavy atom. The number of nitrogens with one attached hydrogen (secondary N) is 1. The molecule has 1 N–H and O–H groups in total. The molecule has 3 heteroatoms. The first kappa shape index (κ1) is 14.5. The molecule has 0 spiro atoms. The molecule has 0 aromatic carbocycles. The van der Waals surface area contributed by atoms with Crippen molar-refractivity contribution >= 4 is 5.97 Å². The van der Waals surface area contributed by atoms with Crippen LogP contribution in [0.2, 0.25) is 0 Å². The van der Waals surface area contributed by atoms with Crippen molar-refractivity contribution in [1.29, 1.82) is 0 Å². The maximum absolute atomic E-state index is 12.1. The van der Waals surface area contributed by atoms with Crippen LogP contribution in [-0.4, -0.2) is 26.2 Å². The highest BCUT2D eigenvalue weighted by molar-refractivity contribution is 5.77. The quantitative estimate of drug-likeness (QED) is 0.772. The van der Waals surface area contributed by atoms with Crippen molar-refractivity contribution < 1.29 is 9.53 Å². The molecule has 0 aromatic heterocycles. The summed E-state index contributed by atoms with van der Waals surface area (Å²) in [5, 5.41) is 3.43. The first-order valence-corrected chi connectivity index (χ1v) is 6.65. The van der Waals surface area contributed by atoms with Gasteiger partial charge in [-0.3, -0.25) is 4.79 Å². The van der Waals surface area contributed by atoms with E-state index in [9.17, 15) is 4.79 Å². The Bertz CT molecular complexity index is 266. The summed E-state index contributed by atoms with van der Waals surface area (Å²) in [5.41, 5.74) is -0.0693. The molecule has 0 aliphatic carbocycles. The lowest BCUT2D eigenvalue weighted by Gasteiger charge is -2.44. The summed E-state index contributed by atoms with van der Waals surface area (Å²) in [6, 6.07) is 0. The van der Waals surface area contributed by atoms with E-state index in [2.05, 4.69) is 33.0 Å². The summed E-state index contributed by atoms with van der Waals surface area (Å²) in [7, 11) is 1.50. The number of carbonyl (C=O) groups is 1. The maximum Gasteiger partial charge on any atom is 0.313 e. The molecule has 1 aliphatic heterocycles. The van der Waals surface area contributed by atoms with Crippen molar-refractivity contribution in [1.82, 2.24) is 5.32 Å². The number of ether oxygens (including phenoxy) is 1. The van der Waals surface area contributed by atoms with E-state index in [1.54, 1.807) is 0 Å². The molecular formula is C14H27NO2. The third-order valence-electron chi connectivity index (χ3n) is 4.06. The number of piperidine rings is 1. The lowest BCUT2D eigenvalue weighted by molar-refractivity contribution is -0.156. The van der Waals surface area contributed by atoms with E-state index >= 15 is 0 Å². The Labute approximate surface area is 105 Å². The van der Waals surface area contributed by atoms with Crippen LogP contribution in [0.5, 0.6) is 0 Å². The van der Waals surface area contributed by atoms with Crippen LogP contribution in [0, 0.1) is 16.7 Å². The molecule has 1 fully saturated rings. The van der Waals surface area contributed by atoms with Crippen molar-refractivity contribution in [3.63, 3.8) is 0 Å². The minimum Gasteiger partial charge on any atom is -0.469 e. The molecule has 17 heavy (non-hydrogen) atoms. The van der Waals surface area contributed by atoms with Crippen molar-refractivity contribution in [2.75, 3.05) is 20.2 Å². The van der Waals surface area contributed by atoms with Crippen molar-refractivity contribution in [2.45, 2.75) is 47.0 Å². The topological polar surface area (TPSA) is 38.3 Å². The van der Waals surface area contributed by atoms with Crippen molar-refractivity contribution in [3.8, 4) is 0 Å². The number of carbonyl (C=O) groups excluding carboxylic acids is 1. The lowest BCUT2D eigenvalue weighted by Crippen LogP contribution is -2.52. The van der Waals surface area contributed by atoms with Crippen LogP contribution in [0.4, 0.5) is 0 Å². The highest BCUT2D eigenvalue weighted by Crippen LogP contribution is 2.41. The minimum atomic E-state index is -0.306. The fourth-order valence-electron chi connectivity index (χ4n) is 2.86. The van der Waals surface area contributed by atoms with E-state index < -0.39 is 0 Å². The van der Waals surface area contributed by atoms with E-state index in [0.717, 1.165) is 32.4 Å². The zero-order valence-electron chi connectivity index (χ0n) is 11.9. The second-order valence-electron chi connectivity index (χ2n) is 6.42. The average molecular weight is 241 g/mol. The summed E-state index contributed by atoms with van der Waals surface area (Å²) in [4.78, 5) is 12.1. The van der Waals surface area contributed by atoms with E-state index in [0.29, 0.717) is 5.92 Å². The summed E-state index contributed by atoms with van der Waals surface area (Å²) in [5.74, 6) is 0.489. The van der Waals surface area contributed by atoms with Gasteiger partial charge in [0, 0.05) is 6.54 Å². The smallest absolute Gasteiger partial charge is 0.313 e. The van der Waals surface area contributed by atoms with Crippen LogP contribution in [0.1, 0.15) is 47.0 Å². The Kier molecular flexibility index (Phi) is 4.59. The van der Waals surface area contributed by atoms with E-state index in [4.69, 9.17) is 4.74 Å². The minimum absolute atomic E-state index is 0.0409. The van der Waals surface area contributed by atoms with Gasteiger partial charge in [-0.25, -0.2) is 0 Å². The van der Waals surface area contributed by atoms with Gasteiger partial charge in [0.05, 0.1) is 12.5 Å². The van der Waals surface area contributed by atoms with Gasteiger partial charge in [-0.05, 0) is 30.7 Å². The fraction of sp³-hybridized carbons (Fsp3) is 0.929. The molecule has 100 valence electrons. The zero-order valence-corrected chi connectivity index (χ0v) is 11.9. The number of hydrogen-bond acceptors (Lipinski definition) is 3. The van der Waals surface area contributed by atoms with Gasteiger partial charge in [-0.2, -0.15) is 0 Å². The van der Waals surface area contributed by atoms with E-state index in [-0.39, 0.29) is 16.8 Å². The fourth-order valence-corrected chi connectivity index (χ4v) is 2.86. The second-order valence-corrected chi connectivity index (χ2v) is 6.42. The highest BCUT2D eigenvalue weighted by atomic mass is 16.5. The number of esters is 1. The maximum atomic E-state index is 12.1. The van der Waals surface area contributed by atoms with Crippen LogP contribution in [0.15, 0.2) is 0 Å². The molecule has 0 unspecified atom stereocenters. The Hall–Kier alpha value is -0.570. The molecule has 1 saturated heterocycles. The largest absolute Gasteiger partial charge is 0.469 e. The molecule has 1 heterocycles. The normalized spacial score (nSPS) is 30.1. The van der Waals surface area contributed by atoms with Gasteiger partial charge in [-0.1, -0.05) is 34.1 Å².